The van der Waals surface area contributed by atoms with Gasteiger partial charge in [-0.2, -0.15) is 5.10 Å². The number of carbonyl (C=O) groups excluding carboxylic acids is 1. The Labute approximate surface area is 251 Å². The van der Waals surface area contributed by atoms with E-state index >= 15 is 4.39 Å². The Morgan fingerprint density at radius 3 is 2.68 bits per heavy atom. The average molecular weight is 598 g/mol. The molecule has 44 heavy (non-hydrogen) atoms. The number of amides is 1. The summed E-state index contributed by atoms with van der Waals surface area (Å²) in [7, 11) is 0. The van der Waals surface area contributed by atoms with Crippen LogP contribution >= 0.6 is 0 Å². The Kier molecular flexibility index (Phi) is 6.79. The van der Waals surface area contributed by atoms with Crippen LogP contribution < -0.4 is 15.4 Å². The number of hydrogen-bond donors (Lipinski definition) is 4. The molecule has 224 valence electrons. The molecule has 2 aromatic heterocycles. The van der Waals surface area contributed by atoms with Crippen LogP contribution in [0, 0.1) is 11.6 Å². The van der Waals surface area contributed by atoms with Crippen LogP contribution in [-0.2, 0) is 9.53 Å². The number of aliphatic hydroxyl groups is 1. The highest BCUT2D eigenvalue weighted by molar-refractivity contribution is 6.05. The second-order valence-electron chi connectivity index (χ2n) is 11.4. The quantitative estimate of drug-likeness (QED) is 0.183. The first-order valence-corrected chi connectivity index (χ1v) is 14.3. The minimum atomic E-state index is -0.739. The molecule has 2 unspecified atom stereocenters. The van der Waals surface area contributed by atoms with Gasteiger partial charge >= 0.3 is 0 Å². The van der Waals surface area contributed by atoms with Gasteiger partial charge in [0.2, 0.25) is 0 Å². The third kappa shape index (κ3) is 5.47. The number of carbonyl (C=O) groups is 1. The minimum absolute atomic E-state index is 0.0490. The van der Waals surface area contributed by atoms with Crippen LogP contribution in [-0.4, -0.2) is 50.5 Å². The first-order valence-electron chi connectivity index (χ1n) is 14.3. The Balaban J connectivity index is 1.08. The molecule has 0 spiro atoms. The zero-order chi connectivity index (χ0) is 30.6. The van der Waals surface area contributed by atoms with Gasteiger partial charge in [-0.25, -0.2) is 13.8 Å². The maximum Gasteiger partial charge on any atom is 0.254 e. The van der Waals surface area contributed by atoms with Crippen LogP contribution in [0.15, 0.2) is 83.6 Å². The highest BCUT2D eigenvalue weighted by Crippen LogP contribution is 2.40. The lowest BCUT2D eigenvalue weighted by molar-refractivity contribution is -0.113. The summed E-state index contributed by atoms with van der Waals surface area (Å²) in [4.78, 5) is 17.6. The lowest BCUT2D eigenvalue weighted by atomic mass is 9.90. The summed E-state index contributed by atoms with van der Waals surface area (Å²) in [6.07, 6.45) is 5.93. The summed E-state index contributed by atoms with van der Waals surface area (Å²) in [5.41, 5.74) is 3.97. The Morgan fingerprint density at radius 1 is 1.14 bits per heavy atom. The first-order chi connectivity index (χ1) is 21.2. The maximum absolute atomic E-state index is 15.3. The van der Waals surface area contributed by atoms with E-state index in [2.05, 4.69) is 25.8 Å². The van der Waals surface area contributed by atoms with E-state index in [-0.39, 0.29) is 23.4 Å². The van der Waals surface area contributed by atoms with Crippen molar-refractivity contribution < 1.29 is 28.2 Å². The Bertz CT molecular complexity index is 1890. The molecule has 4 N–H and O–H groups in total. The van der Waals surface area contributed by atoms with Gasteiger partial charge in [-0.3, -0.25) is 9.89 Å². The second-order valence-corrected chi connectivity index (χ2v) is 11.4. The molecule has 0 radical (unpaired) electrons. The maximum atomic E-state index is 15.3. The van der Waals surface area contributed by atoms with Crippen molar-refractivity contribution in [2.75, 3.05) is 17.2 Å². The monoisotopic (exact) mass is 597 g/mol. The third-order valence-electron chi connectivity index (χ3n) is 8.19. The van der Waals surface area contributed by atoms with Gasteiger partial charge in [0.25, 0.3) is 5.91 Å². The number of epoxide rings is 1. The first kappa shape index (κ1) is 27.9. The number of pyridine rings is 1. The topological polar surface area (TPSA) is 125 Å². The molecule has 3 aliphatic rings. The van der Waals surface area contributed by atoms with Crippen molar-refractivity contribution >= 4 is 34.0 Å². The van der Waals surface area contributed by atoms with Crippen LogP contribution in [0.3, 0.4) is 0 Å². The van der Waals surface area contributed by atoms with E-state index in [1.54, 1.807) is 30.3 Å². The molecular formula is C33H29F2N5O4. The van der Waals surface area contributed by atoms with Crippen molar-refractivity contribution in [2.45, 2.75) is 44.5 Å². The number of hydrogen-bond acceptors (Lipinski definition) is 7. The predicted octanol–water partition coefficient (Wildman–Crippen LogP) is 6.03. The van der Waals surface area contributed by atoms with Gasteiger partial charge in [0.15, 0.2) is 23.0 Å². The van der Waals surface area contributed by atoms with Gasteiger partial charge in [-0.05, 0) is 85.4 Å². The number of nitrogens with zero attached hydrogens (tertiary/aromatic N) is 2. The normalized spacial score (nSPS) is 21.4. The Morgan fingerprint density at radius 2 is 1.93 bits per heavy atom. The average Bonchev–Trinajstić information content (AvgIpc) is 3.90. The van der Waals surface area contributed by atoms with E-state index in [9.17, 15) is 14.3 Å². The number of rotatable bonds is 8. The smallest absolute Gasteiger partial charge is 0.254 e. The standard InChI is InChI=1S/C33H29F2N5O4/c1-17-13-23(29-27(44-29)15-22(18(17)2)19-3-5-20(34)6-4-19)32(41)38-21-7-8-25(24(35)14-21)43-26-9-12-36-30-28(26)31(40-39-30)37-16-33(42)10-11-33/h3-9,12-15,27,29,42H,10-11,16H2,1-2H3,(H,38,41)(H2,36,37,39,40)/b18-17?,22-15-,23-13?. The number of H-pyrrole nitrogens is 1. The molecule has 2 aliphatic carbocycles. The van der Waals surface area contributed by atoms with Crippen LogP contribution in [0.5, 0.6) is 11.5 Å². The predicted molar refractivity (Wildman–Crippen MR) is 161 cm³/mol. The van der Waals surface area contributed by atoms with Crippen LogP contribution in [0.2, 0.25) is 0 Å². The molecule has 2 fully saturated rings. The minimum Gasteiger partial charge on any atom is -0.453 e. The molecule has 2 atom stereocenters. The van der Waals surface area contributed by atoms with E-state index in [0.29, 0.717) is 34.7 Å². The van der Waals surface area contributed by atoms with E-state index in [4.69, 9.17) is 9.47 Å². The zero-order valence-corrected chi connectivity index (χ0v) is 23.9. The summed E-state index contributed by atoms with van der Waals surface area (Å²) in [6.45, 7) is 4.18. The van der Waals surface area contributed by atoms with Crippen molar-refractivity contribution in [2.24, 2.45) is 0 Å². The van der Waals surface area contributed by atoms with E-state index in [1.165, 1.54) is 30.5 Å². The molecule has 7 rings (SSSR count). The van der Waals surface area contributed by atoms with Crippen LogP contribution in [0.1, 0.15) is 32.3 Å². The molecule has 1 amide bonds. The lowest BCUT2D eigenvalue weighted by Gasteiger charge is -2.15. The van der Waals surface area contributed by atoms with Crippen molar-refractivity contribution in [3.8, 4) is 11.5 Å². The van der Waals surface area contributed by atoms with Gasteiger partial charge < -0.3 is 25.2 Å². The van der Waals surface area contributed by atoms with Crippen molar-refractivity contribution in [3.05, 3.63) is 101 Å². The van der Waals surface area contributed by atoms with Gasteiger partial charge in [-0.15, -0.1) is 0 Å². The van der Waals surface area contributed by atoms with E-state index in [1.807, 2.05) is 19.9 Å². The number of ether oxygens (including phenoxy) is 2. The molecule has 11 heteroatoms. The largest absolute Gasteiger partial charge is 0.453 e. The summed E-state index contributed by atoms with van der Waals surface area (Å²) < 4.78 is 40.5. The van der Waals surface area contributed by atoms with Gasteiger partial charge in [-0.1, -0.05) is 12.1 Å². The molecule has 1 saturated heterocycles. The van der Waals surface area contributed by atoms with Gasteiger partial charge in [0.1, 0.15) is 29.2 Å². The number of aromatic amines is 1. The SMILES string of the molecule is CC1=C(C)/C(c2ccc(F)cc2)=C/C2OC2C(C(=O)Nc2ccc(Oc3ccnc4[nH]nc(NCC5(O)CC5)c34)c(F)c2)=C1. The van der Waals surface area contributed by atoms with E-state index < -0.39 is 23.4 Å². The van der Waals surface area contributed by atoms with Gasteiger partial charge in [0, 0.05) is 36.1 Å². The molecule has 1 aliphatic heterocycles. The second kappa shape index (κ2) is 10.7. The molecule has 2 aromatic carbocycles. The molecular weight excluding hydrogens is 568 g/mol. The van der Waals surface area contributed by atoms with E-state index in [0.717, 1.165) is 35.1 Å². The highest BCUT2D eigenvalue weighted by atomic mass is 19.1. The molecule has 1 saturated carbocycles. The number of allylic oxidation sites excluding steroid dienone is 4. The van der Waals surface area contributed by atoms with Crippen molar-refractivity contribution in [3.63, 3.8) is 0 Å². The number of nitrogens with one attached hydrogen (secondary N) is 3. The number of anilines is 2. The number of fused-ring (bicyclic) bond motifs is 2. The number of benzene rings is 2. The molecule has 0 bridgehead atoms. The fourth-order valence-corrected chi connectivity index (χ4v) is 5.25. The zero-order valence-electron chi connectivity index (χ0n) is 23.9. The highest BCUT2D eigenvalue weighted by Gasteiger charge is 2.44. The molecule has 4 aromatic rings. The Hall–Kier alpha value is -4.87. The third-order valence-corrected chi connectivity index (χ3v) is 8.19. The summed E-state index contributed by atoms with van der Waals surface area (Å²) in [5.74, 6) is -0.671. The number of halogens is 2. The fraction of sp³-hybridized carbons (Fsp3) is 0.242. The molecule has 9 nitrogen and oxygen atoms in total. The number of aromatic nitrogens is 3. The summed E-state index contributed by atoms with van der Waals surface area (Å²) in [6, 6.07) is 12.1. The molecule has 3 heterocycles. The van der Waals surface area contributed by atoms with Crippen molar-refractivity contribution in [1.29, 1.82) is 0 Å². The van der Waals surface area contributed by atoms with Crippen LogP contribution in [0.4, 0.5) is 20.3 Å². The van der Waals surface area contributed by atoms with Crippen LogP contribution in [0.25, 0.3) is 16.6 Å². The fourth-order valence-electron chi connectivity index (χ4n) is 5.25. The van der Waals surface area contributed by atoms with Crippen molar-refractivity contribution in [1.82, 2.24) is 15.2 Å². The summed E-state index contributed by atoms with van der Waals surface area (Å²) in [5, 5.41) is 23.7. The lowest BCUT2D eigenvalue weighted by Crippen LogP contribution is -2.20. The summed E-state index contributed by atoms with van der Waals surface area (Å²) >= 11 is 0. The van der Waals surface area contributed by atoms with Gasteiger partial charge in [0.05, 0.1) is 5.60 Å².